The summed E-state index contributed by atoms with van der Waals surface area (Å²) in [5.74, 6) is -0.404. The Morgan fingerprint density at radius 2 is 1.72 bits per heavy atom. The predicted molar refractivity (Wildman–Crippen MR) is 127 cm³/mol. The minimum Gasteiger partial charge on any atom is -0.340 e. The van der Waals surface area contributed by atoms with Crippen molar-refractivity contribution in [1.82, 2.24) is 20.0 Å². The average Bonchev–Trinajstić information content (AvgIpc) is 3.05. The number of aryl methyl sites for hydroxylation is 2. The Kier molecular flexibility index (Phi) is 7.13. The van der Waals surface area contributed by atoms with Gasteiger partial charge in [-0.1, -0.05) is 49.7 Å². The van der Waals surface area contributed by atoms with E-state index in [1.54, 1.807) is 18.0 Å². The van der Waals surface area contributed by atoms with Gasteiger partial charge in [-0.05, 0) is 51.0 Å². The maximum atomic E-state index is 13.3. The number of amides is 2. The zero-order valence-corrected chi connectivity index (χ0v) is 19.7. The molecule has 2 aromatic carbocycles. The number of carbonyl (C=O) groups excluding carboxylic acids is 2. The highest BCUT2D eigenvalue weighted by Gasteiger charge is 2.28. The van der Waals surface area contributed by atoms with Gasteiger partial charge in [0.2, 0.25) is 5.91 Å². The van der Waals surface area contributed by atoms with Gasteiger partial charge in [0, 0.05) is 30.4 Å². The number of hydrogen-bond donors (Lipinski definition) is 1. The van der Waals surface area contributed by atoms with Crippen LogP contribution >= 0.6 is 0 Å². The first-order valence-corrected chi connectivity index (χ1v) is 10.9. The van der Waals surface area contributed by atoms with Crippen molar-refractivity contribution >= 4 is 11.8 Å². The molecule has 32 heavy (non-hydrogen) atoms. The van der Waals surface area contributed by atoms with E-state index in [0.717, 1.165) is 28.2 Å². The van der Waals surface area contributed by atoms with Gasteiger partial charge in [0.05, 0.1) is 11.4 Å². The quantitative estimate of drug-likeness (QED) is 0.608. The van der Waals surface area contributed by atoms with Gasteiger partial charge in [-0.3, -0.25) is 9.59 Å². The molecule has 0 radical (unpaired) electrons. The van der Waals surface area contributed by atoms with Crippen LogP contribution in [0.5, 0.6) is 0 Å². The van der Waals surface area contributed by atoms with Crippen LogP contribution in [0.1, 0.15) is 46.7 Å². The average molecular weight is 433 g/mol. The van der Waals surface area contributed by atoms with E-state index in [4.69, 9.17) is 0 Å². The molecule has 3 rings (SSSR count). The van der Waals surface area contributed by atoms with Crippen molar-refractivity contribution in [2.45, 2.75) is 47.2 Å². The molecule has 0 aliphatic carbocycles. The number of nitrogens with one attached hydrogen (secondary N) is 1. The monoisotopic (exact) mass is 432 g/mol. The summed E-state index contributed by atoms with van der Waals surface area (Å²) in [6.07, 6.45) is 0. The second-order valence-electron chi connectivity index (χ2n) is 8.66. The van der Waals surface area contributed by atoms with Crippen molar-refractivity contribution in [2.24, 2.45) is 5.92 Å². The summed E-state index contributed by atoms with van der Waals surface area (Å²) in [6, 6.07) is 16.7. The molecular weight excluding hydrogens is 400 g/mol. The number of benzene rings is 2. The Balaban J connectivity index is 1.77. The van der Waals surface area contributed by atoms with Gasteiger partial charge in [-0.2, -0.15) is 5.10 Å². The molecule has 168 valence electrons. The molecule has 0 aliphatic rings. The summed E-state index contributed by atoms with van der Waals surface area (Å²) in [5, 5.41) is 7.61. The number of para-hydroxylation sites is 1. The lowest BCUT2D eigenvalue weighted by molar-refractivity contribution is -0.133. The first-order chi connectivity index (χ1) is 15.2. The smallest absolute Gasteiger partial charge is 0.251 e. The van der Waals surface area contributed by atoms with Gasteiger partial charge in [-0.15, -0.1) is 0 Å². The highest BCUT2D eigenvalue weighted by atomic mass is 16.2. The summed E-state index contributed by atoms with van der Waals surface area (Å²) in [6.45, 7) is 10.2. The van der Waals surface area contributed by atoms with Crippen LogP contribution in [0.3, 0.4) is 0 Å². The third-order valence-corrected chi connectivity index (χ3v) is 5.71. The molecule has 1 heterocycles. The highest BCUT2D eigenvalue weighted by molar-refractivity contribution is 5.97. The topological polar surface area (TPSA) is 67.2 Å². The van der Waals surface area contributed by atoms with Crippen molar-refractivity contribution in [3.63, 3.8) is 0 Å². The summed E-state index contributed by atoms with van der Waals surface area (Å²) in [4.78, 5) is 27.8. The molecule has 1 atom stereocenters. The molecule has 6 heteroatoms. The molecule has 0 aliphatic heterocycles. The van der Waals surface area contributed by atoms with Crippen molar-refractivity contribution in [1.29, 1.82) is 0 Å². The van der Waals surface area contributed by atoms with E-state index in [0.29, 0.717) is 12.1 Å². The maximum Gasteiger partial charge on any atom is 0.251 e. The molecule has 1 N–H and O–H groups in total. The number of hydrogen-bond acceptors (Lipinski definition) is 3. The van der Waals surface area contributed by atoms with Crippen molar-refractivity contribution in [3.8, 4) is 5.69 Å². The first kappa shape index (κ1) is 23.3. The predicted octanol–water partition coefficient (Wildman–Crippen LogP) is 4.21. The van der Waals surface area contributed by atoms with E-state index in [9.17, 15) is 9.59 Å². The van der Waals surface area contributed by atoms with Crippen LogP contribution < -0.4 is 5.32 Å². The van der Waals surface area contributed by atoms with Gasteiger partial charge < -0.3 is 10.2 Å². The molecule has 2 amide bonds. The maximum absolute atomic E-state index is 13.3. The fraction of sp³-hybridized carbons (Fsp3) is 0.346. The minimum atomic E-state index is -0.613. The molecule has 0 saturated heterocycles. The standard InChI is InChI=1S/C26H32N4O2/c1-17(2)24(27-25(31)21-12-10-11-18(3)15-21)26(32)29(6)16-23-19(4)28-30(20(23)5)22-13-8-7-9-14-22/h7-15,17,24H,16H2,1-6H3,(H,27,31)/t24-/m0/s1. The van der Waals surface area contributed by atoms with Crippen LogP contribution in [0, 0.1) is 26.7 Å². The Morgan fingerprint density at radius 1 is 1.03 bits per heavy atom. The van der Waals surface area contributed by atoms with Crippen LogP contribution in [-0.4, -0.2) is 39.6 Å². The molecule has 0 saturated carbocycles. The van der Waals surface area contributed by atoms with Crippen molar-refractivity contribution < 1.29 is 9.59 Å². The normalized spacial score (nSPS) is 12.0. The van der Waals surface area contributed by atoms with Gasteiger partial charge >= 0.3 is 0 Å². The molecule has 0 unspecified atom stereocenters. The second kappa shape index (κ2) is 9.81. The first-order valence-electron chi connectivity index (χ1n) is 10.9. The third-order valence-electron chi connectivity index (χ3n) is 5.71. The number of rotatable bonds is 7. The lowest BCUT2D eigenvalue weighted by Gasteiger charge is -2.27. The Hall–Kier alpha value is -3.41. The minimum absolute atomic E-state index is 0.0482. The summed E-state index contributed by atoms with van der Waals surface area (Å²) in [7, 11) is 1.77. The Morgan fingerprint density at radius 3 is 2.34 bits per heavy atom. The molecule has 0 bridgehead atoms. The lowest BCUT2D eigenvalue weighted by Crippen LogP contribution is -2.50. The summed E-state index contributed by atoms with van der Waals surface area (Å²) in [5.41, 5.74) is 5.44. The number of aromatic nitrogens is 2. The van der Waals surface area contributed by atoms with Crippen LogP contribution in [0.15, 0.2) is 54.6 Å². The summed E-state index contributed by atoms with van der Waals surface area (Å²) < 4.78 is 1.91. The Bertz CT molecular complexity index is 1100. The van der Waals surface area contributed by atoms with E-state index in [1.165, 1.54) is 0 Å². The highest BCUT2D eigenvalue weighted by Crippen LogP contribution is 2.20. The molecule has 0 spiro atoms. The molecule has 6 nitrogen and oxygen atoms in total. The largest absolute Gasteiger partial charge is 0.340 e. The van der Waals surface area contributed by atoms with Crippen molar-refractivity contribution in [2.75, 3.05) is 7.05 Å². The third kappa shape index (κ3) is 5.07. The van der Waals surface area contributed by atoms with E-state index >= 15 is 0 Å². The molecular formula is C26H32N4O2. The number of likely N-dealkylation sites (N-methyl/N-ethyl adjacent to an activating group) is 1. The van der Waals surface area contributed by atoms with E-state index in [-0.39, 0.29) is 17.7 Å². The van der Waals surface area contributed by atoms with Crippen LogP contribution in [0.4, 0.5) is 0 Å². The molecule has 0 fully saturated rings. The van der Waals surface area contributed by atoms with Crippen molar-refractivity contribution in [3.05, 3.63) is 82.7 Å². The van der Waals surface area contributed by atoms with E-state index in [2.05, 4.69) is 10.4 Å². The van der Waals surface area contributed by atoms with E-state index < -0.39 is 6.04 Å². The Labute approximate surface area is 190 Å². The fourth-order valence-electron chi connectivity index (χ4n) is 3.80. The fourth-order valence-corrected chi connectivity index (χ4v) is 3.80. The lowest BCUT2D eigenvalue weighted by atomic mass is 10.0. The van der Waals surface area contributed by atoms with Gasteiger partial charge in [0.25, 0.3) is 5.91 Å². The van der Waals surface area contributed by atoms with Crippen LogP contribution in [0.25, 0.3) is 5.69 Å². The van der Waals surface area contributed by atoms with E-state index in [1.807, 2.05) is 87.8 Å². The number of carbonyl (C=O) groups is 2. The van der Waals surface area contributed by atoms with Gasteiger partial charge in [-0.25, -0.2) is 4.68 Å². The summed E-state index contributed by atoms with van der Waals surface area (Å²) >= 11 is 0. The zero-order chi connectivity index (χ0) is 23.4. The zero-order valence-electron chi connectivity index (χ0n) is 19.7. The number of nitrogens with zero attached hydrogens (tertiary/aromatic N) is 3. The molecule has 1 aromatic heterocycles. The second-order valence-corrected chi connectivity index (χ2v) is 8.66. The SMILES string of the molecule is Cc1cccc(C(=O)N[C@H](C(=O)N(C)Cc2c(C)nn(-c3ccccc3)c2C)C(C)C)c1. The van der Waals surface area contributed by atoms with Gasteiger partial charge in [0.15, 0.2) is 0 Å². The van der Waals surface area contributed by atoms with Gasteiger partial charge in [0.1, 0.15) is 6.04 Å². The van der Waals surface area contributed by atoms with Crippen LogP contribution in [-0.2, 0) is 11.3 Å². The molecule has 3 aromatic rings. The van der Waals surface area contributed by atoms with Crippen LogP contribution in [0.2, 0.25) is 0 Å².